The summed E-state index contributed by atoms with van der Waals surface area (Å²) in [6.07, 6.45) is 2.55. The van der Waals surface area contributed by atoms with Gasteiger partial charge < -0.3 is 9.52 Å². The third-order valence-corrected chi connectivity index (χ3v) is 3.48. The Labute approximate surface area is 110 Å². The summed E-state index contributed by atoms with van der Waals surface area (Å²) in [7, 11) is 0. The molecule has 1 aromatic carbocycles. The molecule has 1 unspecified atom stereocenters. The lowest BCUT2D eigenvalue weighted by atomic mass is 9.99. The van der Waals surface area contributed by atoms with Crippen molar-refractivity contribution in [2.24, 2.45) is 0 Å². The Bertz CT molecular complexity index is 547. The average Bonchev–Trinajstić information content (AvgIpc) is 2.73. The van der Waals surface area contributed by atoms with Crippen LogP contribution < -0.4 is 0 Å². The summed E-state index contributed by atoms with van der Waals surface area (Å²) in [5, 5.41) is 10.3. The van der Waals surface area contributed by atoms with Gasteiger partial charge in [-0.1, -0.05) is 23.7 Å². The second kappa shape index (κ2) is 4.75. The molecule has 0 spiro atoms. The zero-order valence-corrected chi connectivity index (χ0v) is 10.7. The van der Waals surface area contributed by atoms with Gasteiger partial charge in [-0.05, 0) is 24.1 Å². The SMILES string of the molecule is OC1CCc2oc(Cc3ccc(Cl)cc3)nc2C1. The van der Waals surface area contributed by atoms with Gasteiger partial charge in [-0.25, -0.2) is 4.98 Å². The Morgan fingerprint density at radius 2 is 2.11 bits per heavy atom. The van der Waals surface area contributed by atoms with Crippen molar-refractivity contribution < 1.29 is 9.52 Å². The normalized spacial score (nSPS) is 18.7. The number of halogens is 1. The zero-order chi connectivity index (χ0) is 12.5. The number of hydrogen-bond donors (Lipinski definition) is 1. The highest BCUT2D eigenvalue weighted by atomic mass is 35.5. The smallest absolute Gasteiger partial charge is 0.199 e. The number of oxazole rings is 1. The van der Waals surface area contributed by atoms with Crippen molar-refractivity contribution in [3.8, 4) is 0 Å². The summed E-state index contributed by atoms with van der Waals surface area (Å²) in [6.45, 7) is 0. The van der Waals surface area contributed by atoms with Gasteiger partial charge in [-0.2, -0.15) is 0 Å². The maximum absolute atomic E-state index is 9.59. The third kappa shape index (κ3) is 2.42. The van der Waals surface area contributed by atoms with Gasteiger partial charge in [0.05, 0.1) is 11.8 Å². The molecule has 1 aliphatic carbocycles. The highest BCUT2D eigenvalue weighted by Gasteiger charge is 2.22. The maximum atomic E-state index is 9.59. The number of aryl methyl sites for hydroxylation is 1. The van der Waals surface area contributed by atoms with Crippen LogP contribution in [0.1, 0.15) is 29.3 Å². The van der Waals surface area contributed by atoms with E-state index in [0.29, 0.717) is 12.8 Å². The van der Waals surface area contributed by atoms with Crippen LogP contribution in [-0.4, -0.2) is 16.2 Å². The van der Waals surface area contributed by atoms with E-state index >= 15 is 0 Å². The molecular weight excluding hydrogens is 250 g/mol. The topological polar surface area (TPSA) is 46.3 Å². The molecule has 3 rings (SSSR count). The molecule has 0 fully saturated rings. The van der Waals surface area contributed by atoms with Crippen LogP contribution in [0.5, 0.6) is 0 Å². The summed E-state index contributed by atoms with van der Waals surface area (Å²) in [6, 6.07) is 7.67. The van der Waals surface area contributed by atoms with Gasteiger partial charge in [0.2, 0.25) is 0 Å². The second-order valence-corrected chi connectivity index (χ2v) is 5.11. The molecule has 2 aromatic rings. The van der Waals surface area contributed by atoms with Crippen LogP contribution in [0.25, 0.3) is 0 Å². The maximum Gasteiger partial charge on any atom is 0.199 e. The number of rotatable bonds is 2. The number of aromatic nitrogens is 1. The average molecular weight is 264 g/mol. The Hall–Kier alpha value is -1.32. The van der Waals surface area contributed by atoms with Crippen LogP contribution in [0.4, 0.5) is 0 Å². The Kier molecular flexibility index (Phi) is 3.10. The fourth-order valence-electron chi connectivity index (χ4n) is 2.27. The molecule has 0 aliphatic heterocycles. The monoisotopic (exact) mass is 263 g/mol. The number of nitrogens with zero attached hydrogens (tertiary/aromatic N) is 1. The van der Waals surface area contributed by atoms with Gasteiger partial charge in [0, 0.05) is 24.3 Å². The van der Waals surface area contributed by atoms with Crippen LogP contribution in [0.2, 0.25) is 5.02 Å². The molecule has 0 saturated carbocycles. The van der Waals surface area contributed by atoms with Crippen molar-refractivity contribution in [1.29, 1.82) is 0 Å². The molecule has 1 aromatic heterocycles. The van der Waals surface area contributed by atoms with Crippen LogP contribution in [0, 0.1) is 0 Å². The minimum absolute atomic E-state index is 0.272. The van der Waals surface area contributed by atoms with Gasteiger partial charge in [-0.15, -0.1) is 0 Å². The van der Waals surface area contributed by atoms with E-state index < -0.39 is 0 Å². The van der Waals surface area contributed by atoms with E-state index in [0.717, 1.165) is 40.8 Å². The lowest BCUT2D eigenvalue weighted by Crippen LogP contribution is -2.17. The van der Waals surface area contributed by atoms with Crippen molar-refractivity contribution in [2.45, 2.75) is 31.8 Å². The van der Waals surface area contributed by atoms with Crippen LogP contribution in [0.3, 0.4) is 0 Å². The fourth-order valence-corrected chi connectivity index (χ4v) is 2.39. The van der Waals surface area contributed by atoms with E-state index in [1.165, 1.54) is 0 Å². The first kappa shape index (κ1) is 11.8. The minimum atomic E-state index is -0.272. The van der Waals surface area contributed by atoms with Crippen molar-refractivity contribution in [3.05, 3.63) is 52.2 Å². The molecule has 94 valence electrons. The van der Waals surface area contributed by atoms with Gasteiger partial charge in [0.25, 0.3) is 0 Å². The first-order valence-corrected chi connectivity index (χ1v) is 6.48. The first-order valence-electron chi connectivity index (χ1n) is 6.10. The summed E-state index contributed by atoms with van der Waals surface area (Å²) in [5.74, 6) is 1.65. The lowest BCUT2D eigenvalue weighted by molar-refractivity contribution is 0.153. The van der Waals surface area contributed by atoms with E-state index in [1.54, 1.807) is 0 Å². The molecule has 18 heavy (non-hydrogen) atoms. The van der Waals surface area contributed by atoms with Gasteiger partial charge in [0.1, 0.15) is 5.76 Å². The quantitative estimate of drug-likeness (QED) is 0.906. The molecule has 0 bridgehead atoms. The van der Waals surface area contributed by atoms with E-state index in [4.69, 9.17) is 16.0 Å². The minimum Gasteiger partial charge on any atom is -0.445 e. The van der Waals surface area contributed by atoms with E-state index in [9.17, 15) is 5.11 Å². The standard InChI is InChI=1S/C14H14ClNO2/c15-10-3-1-9(2-4-10)7-14-16-12-8-11(17)5-6-13(12)18-14/h1-4,11,17H,5-8H2. The van der Waals surface area contributed by atoms with Gasteiger partial charge in [0.15, 0.2) is 5.89 Å². The highest BCUT2D eigenvalue weighted by Crippen LogP contribution is 2.23. The van der Waals surface area contributed by atoms with Gasteiger partial charge >= 0.3 is 0 Å². The third-order valence-electron chi connectivity index (χ3n) is 3.22. The second-order valence-electron chi connectivity index (χ2n) is 4.68. The number of hydrogen-bond acceptors (Lipinski definition) is 3. The van der Waals surface area contributed by atoms with Crippen molar-refractivity contribution in [3.63, 3.8) is 0 Å². The predicted octanol–water partition coefficient (Wildman–Crippen LogP) is 2.77. The predicted molar refractivity (Wildman–Crippen MR) is 68.8 cm³/mol. The van der Waals surface area contributed by atoms with E-state index in [1.807, 2.05) is 24.3 Å². The van der Waals surface area contributed by atoms with Crippen molar-refractivity contribution >= 4 is 11.6 Å². The fraction of sp³-hybridized carbons (Fsp3) is 0.357. The zero-order valence-electron chi connectivity index (χ0n) is 9.90. The first-order chi connectivity index (χ1) is 8.70. The molecular formula is C14H14ClNO2. The Morgan fingerprint density at radius 1 is 1.33 bits per heavy atom. The van der Waals surface area contributed by atoms with Crippen molar-refractivity contribution in [2.75, 3.05) is 0 Å². The van der Waals surface area contributed by atoms with Crippen molar-refractivity contribution in [1.82, 2.24) is 4.98 Å². The van der Waals surface area contributed by atoms with E-state index in [2.05, 4.69) is 4.98 Å². The van der Waals surface area contributed by atoms with Crippen LogP contribution in [-0.2, 0) is 19.3 Å². The summed E-state index contributed by atoms with van der Waals surface area (Å²) >= 11 is 5.85. The molecule has 0 amide bonds. The largest absolute Gasteiger partial charge is 0.445 e. The summed E-state index contributed by atoms with van der Waals surface area (Å²) in [5.41, 5.74) is 2.04. The number of fused-ring (bicyclic) bond motifs is 1. The number of aliphatic hydroxyl groups is 1. The number of benzene rings is 1. The molecule has 1 N–H and O–H groups in total. The summed E-state index contributed by atoms with van der Waals surface area (Å²) < 4.78 is 5.73. The molecule has 3 nitrogen and oxygen atoms in total. The molecule has 0 saturated heterocycles. The van der Waals surface area contributed by atoms with E-state index in [-0.39, 0.29) is 6.10 Å². The lowest BCUT2D eigenvalue weighted by Gasteiger charge is -2.13. The summed E-state index contributed by atoms with van der Waals surface area (Å²) in [4.78, 5) is 4.46. The number of aliphatic hydroxyl groups excluding tert-OH is 1. The molecule has 1 heterocycles. The molecule has 1 atom stereocenters. The molecule has 1 aliphatic rings. The highest BCUT2D eigenvalue weighted by molar-refractivity contribution is 6.30. The molecule has 4 heteroatoms. The van der Waals surface area contributed by atoms with Crippen LogP contribution in [0.15, 0.2) is 28.7 Å². The van der Waals surface area contributed by atoms with Gasteiger partial charge in [-0.3, -0.25) is 0 Å². The van der Waals surface area contributed by atoms with Crippen LogP contribution >= 0.6 is 11.6 Å². The Balaban J connectivity index is 1.79. The Morgan fingerprint density at radius 3 is 2.89 bits per heavy atom. The molecule has 0 radical (unpaired) electrons.